The van der Waals surface area contributed by atoms with Gasteiger partial charge in [0.25, 0.3) is 5.91 Å². The number of aryl methyl sites for hydroxylation is 2. The summed E-state index contributed by atoms with van der Waals surface area (Å²) < 4.78 is 0. The molecule has 0 unspecified atom stereocenters. The van der Waals surface area contributed by atoms with E-state index in [1.165, 1.54) is 11.3 Å². The van der Waals surface area contributed by atoms with E-state index in [2.05, 4.69) is 36.8 Å². The van der Waals surface area contributed by atoms with E-state index in [9.17, 15) is 4.79 Å². The molecule has 1 N–H and O–H groups in total. The van der Waals surface area contributed by atoms with Gasteiger partial charge in [0, 0.05) is 12.5 Å². The van der Waals surface area contributed by atoms with Crippen molar-refractivity contribution in [3.05, 3.63) is 45.2 Å². The highest BCUT2D eigenvalue weighted by atomic mass is 32.1. The highest BCUT2D eigenvalue weighted by Crippen LogP contribution is 2.35. The molecule has 26 heavy (non-hydrogen) atoms. The number of para-hydroxylation sites is 1. The quantitative estimate of drug-likeness (QED) is 0.726. The Morgan fingerprint density at radius 3 is 2.81 bits per heavy atom. The van der Waals surface area contributed by atoms with Crippen molar-refractivity contribution in [3.8, 4) is 0 Å². The molecular weight excluding hydrogens is 344 g/mol. The van der Waals surface area contributed by atoms with Gasteiger partial charge in [0.1, 0.15) is 10.7 Å². The van der Waals surface area contributed by atoms with Crippen LogP contribution in [0.15, 0.2) is 18.2 Å². The number of amides is 1. The molecule has 0 radical (unpaired) electrons. The molecule has 1 aliphatic heterocycles. The summed E-state index contributed by atoms with van der Waals surface area (Å²) in [7, 11) is 0. The summed E-state index contributed by atoms with van der Waals surface area (Å²) in [6, 6.07) is 6.16. The van der Waals surface area contributed by atoms with Gasteiger partial charge in [-0.1, -0.05) is 26.0 Å². The molecule has 0 aliphatic carbocycles. The van der Waals surface area contributed by atoms with Crippen LogP contribution in [-0.2, 0) is 0 Å². The van der Waals surface area contributed by atoms with Crippen LogP contribution in [0.1, 0.15) is 70.4 Å². The van der Waals surface area contributed by atoms with E-state index in [1.807, 2.05) is 24.0 Å². The number of imidazole rings is 1. The minimum atomic E-state index is 0.0123. The van der Waals surface area contributed by atoms with Crippen LogP contribution in [0.2, 0.25) is 0 Å². The van der Waals surface area contributed by atoms with Crippen molar-refractivity contribution in [2.45, 2.75) is 52.5 Å². The fourth-order valence-electron chi connectivity index (χ4n) is 3.64. The Morgan fingerprint density at radius 2 is 2.12 bits per heavy atom. The number of benzene rings is 1. The molecule has 2 aromatic heterocycles. The number of nitrogens with one attached hydrogen (secondary N) is 1. The number of carbonyl (C=O) groups is 1. The van der Waals surface area contributed by atoms with Crippen molar-refractivity contribution in [3.63, 3.8) is 0 Å². The van der Waals surface area contributed by atoms with Gasteiger partial charge in [-0.05, 0) is 38.3 Å². The molecule has 1 aromatic carbocycles. The van der Waals surface area contributed by atoms with Crippen molar-refractivity contribution in [1.29, 1.82) is 0 Å². The van der Waals surface area contributed by atoms with E-state index in [1.54, 1.807) is 0 Å². The van der Waals surface area contributed by atoms with Crippen LogP contribution in [0.3, 0.4) is 0 Å². The first-order chi connectivity index (χ1) is 12.5. The molecule has 1 amide bonds. The molecule has 5 nitrogen and oxygen atoms in total. The second-order valence-corrected chi connectivity index (χ2v) is 8.40. The van der Waals surface area contributed by atoms with Crippen LogP contribution >= 0.6 is 11.3 Å². The monoisotopic (exact) mass is 368 g/mol. The van der Waals surface area contributed by atoms with Gasteiger partial charge in [-0.3, -0.25) is 4.79 Å². The number of nitrogens with zero attached hydrogens (tertiary/aromatic N) is 3. The Morgan fingerprint density at radius 1 is 1.31 bits per heavy atom. The Kier molecular flexibility index (Phi) is 4.31. The number of H-pyrrole nitrogens is 1. The molecule has 1 atom stereocenters. The number of aromatic nitrogens is 3. The predicted molar refractivity (Wildman–Crippen MR) is 105 cm³/mol. The van der Waals surface area contributed by atoms with E-state index in [0.717, 1.165) is 57.4 Å². The van der Waals surface area contributed by atoms with Crippen molar-refractivity contribution < 1.29 is 4.79 Å². The predicted octanol–water partition coefficient (Wildman–Crippen LogP) is 4.74. The summed E-state index contributed by atoms with van der Waals surface area (Å²) in [5, 5.41) is 1.03. The number of carbonyl (C=O) groups excluding carboxylic acids is 1. The summed E-state index contributed by atoms with van der Waals surface area (Å²) in [5.74, 6) is 1.32. The van der Waals surface area contributed by atoms with Gasteiger partial charge in [-0.15, -0.1) is 11.3 Å². The third-order valence-corrected chi connectivity index (χ3v) is 6.51. The highest BCUT2D eigenvalue weighted by Gasteiger charge is 2.34. The Bertz CT molecular complexity index is 972. The van der Waals surface area contributed by atoms with E-state index in [4.69, 9.17) is 4.98 Å². The third-order valence-electron chi connectivity index (χ3n) is 5.06. The number of likely N-dealkylation sites (tertiary alicyclic amines) is 1. The number of fused-ring (bicyclic) bond motifs is 1. The maximum absolute atomic E-state index is 13.2. The molecule has 136 valence electrons. The molecule has 0 spiro atoms. The lowest BCUT2D eigenvalue weighted by molar-refractivity contribution is 0.0734. The largest absolute Gasteiger partial charge is 0.340 e. The van der Waals surface area contributed by atoms with Gasteiger partial charge in [-0.2, -0.15) is 0 Å². The topological polar surface area (TPSA) is 61.9 Å². The zero-order chi connectivity index (χ0) is 18.4. The smallest absolute Gasteiger partial charge is 0.266 e. The second-order valence-electron chi connectivity index (χ2n) is 7.37. The van der Waals surface area contributed by atoms with Gasteiger partial charge in [0.05, 0.1) is 27.8 Å². The average Bonchev–Trinajstić information content (AvgIpc) is 3.31. The minimum absolute atomic E-state index is 0.0123. The Balaban J connectivity index is 1.67. The Hall–Kier alpha value is -2.21. The lowest BCUT2D eigenvalue weighted by Crippen LogP contribution is -2.31. The van der Waals surface area contributed by atoms with E-state index < -0.39 is 0 Å². The van der Waals surface area contributed by atoms with Gasteiger partial charge < -0.3 is 9.88 Å². The first kappa shape index (κ1) is 17.2. The van der Waals surface area contributed by atoms with E-state index in [0.29, 0.717) is 5.92 Å². The summed E-state index contributed by atoms with van der Waals surface area (Å²) in [6.45, 7) is 9.00. The van der Waals surface area contributed by atoms with Crippen LogP contribution in [-0.4, -0.2) is 32.3 Å². The Labute approximate surface area is 157 Å². The minimum Gasteiger partial charge on any atom is -0.340 e. The molecule has 1 aliphatic rings. The molecule has 0 bridgehead atoms. The molecule has 6 heteroatoms. The molecule has 0 saturated carbocycles. The number of aromatic amines is 1. The average molecular weight is 369 g/mol. The van der Waals surface area contributed by atoms with Crippen LogP contribution in [0, 0.1) is 13.8 Å². The summed E-state index contributed by atoms with van der Waals surface area (Å²) in [6.07, 6.45) is 1.95. The normalized spacial score (nSPS) is 17.6. The fourth-order valence-corrected chi connectivity index (χ4v) is 4.66. The van der Waals surface area contributed by atoms with Crippen molar-refractivity contribution in [1.82, 2.24) is 19.9 Å². The van der Waals surface area contributed by atoms with Gasteiger partial charge >= 0.3 is 0 Å². The first-order valence-electron chi connectivity index (χ1n) is 9.19. The SMILES string of the molecule is Cc1nc(C(C)C)sc1C(=O)N1CCC[C@@H]1c1nc2c(C)cccc2[nH]1. The first-order valence-corrected chi connectivity index (χ1v) is 10.0. The number of hydrogen-bond donors (Lipinski definition) is 1. The van der Waals surface area contributed by atoms with Gasteiger partial charge in [0.2, 0.25) is 0 Å². The standard InChI is InChI=1S/C20H24N4OS/c1-11(2)19-21-13(4)17(26-19)20(25)24-10-6-9-15(24)18-22-14-8-5-7-12(3)16(14)23-18/h5,7-8,11,15H,6,9-10H2,1-4H3,(H,22,23)/t15-/m1/s1. The second kappa shape index (κ2) is 6.50. The van der Waals surface area contributed by atoms with Crippen LogP contribution in [0.4, 0.5) is 0 Å². The molecule has 3 heterocycles. The summed E-state index contributed by atoms with van der Waals surface area (Å²) in [4.78, 5) is 28.8. The lowest BCUT2D eigenvalue weighted by atomic mass is 10.2. The zero-order valence-corrected chi connectivity index (χ0v) is 16.5. The fraction of sp³-hybridized carbons (Fsp3) is 0.450. The van der Waals surface area contributed by atoms with Crippen LogP contribution < -0.4 is 0 Å². The number of thiazole rings is 1. The van der Waals surface area contributed by atoms with Crippen molar-refractivity contribution >= 4 is 28.3 Å². The van der Waals surface area contributed by atoms with Crippen LogP contribution in [0.5, 0.6) is 0 Å². The molecule has 1 saturated heterocycles. The molecule has 3 aromatic rings. The van der Waals surface area contributed by atoms with Crippen molar-refractivity contribution in [2.24, 2.45) is 0 Å². The summed E-state index contributed by atoms with van der Waals surface area (Å²) in [5.41, 5.74) is 4.03. The summed E-state index contributed by atoms with van der Waals surface area (Å²) >= 11 is 1.53. The van der Waals surface area contributed by atoms with Gasteiger partial charge in [-0.25, -0.2) is 9.97 Å². The maximum atomic E-state index is 13.2. The molecular formula is C20H24N4OS. The van der Waals surface area contributed by atoms with Gasteiger partial charge in [0.15, 0.2) is 0 Å². The number of hydrogen-bond acceptors (Lipinski definition) is 4. The molecule has 4 rings (SSSR count). The lowest BCUT2D eigenvalue weighted by Gasteiger charge is -2.22. The van der Waals surface area contributed by atoms with E-state index in [-0.39, 0.29) is 11.9 Å². The maximum Gasteiger partial charge on any atom is 0.266 e. The zero-order valence-electron chi connectivity index (χ0n) is 15.7. The van der Waals surface area contributed by atoms with Crippen molar-refractivity contribution in [2.75, 3.05) is 6.54 Å². The van der Waals surface area contributed by atoms with E-state index >= 15 is 0 Å². The third kappa shape index (κ3) is 2.82. The molecule has 1 fully saturated rings. The van der Waals surface area contributed by atoms with Crippen LogP contribution in [0.25, 0.3) is 11.0 Å². The number of rotatable bonds is 3. The highest BCUT2D eigenvalue weighted by molar-refractivity contribution is 7.13.